The minimum absolute atomic E-state index is 0.176. The fourth-order valence-corrected chi connectivity index (χ4v) is 3.83. The Hall–Kier alpha value is -2.85. The van der Waals surface area contributed by atoms with E-state index in [2.05, 4.69) is 34.1 Å². The van der Waals surface area contributed by atoms with Gasteiger partial charge in [0.25, 0.3) is 0 Å². The average molecular weight is 376 g/mol. The molecule has 4 rings (SSSR count). The summed E-state index contributed by atoms with van der Waals surface area (Å²) in [5, 5.41) is 0. The third-order valence-electron chi connectivity index (χ3n) is 5.32. The normalized spacial score (nSPS) is 14.9. The van der Waals surface area contributed by atoms with E-state index in [1.807, 2.05) is 36.4 Å². The molecule has 0 bridgehead atoms. The van der Waals surface area contributed by atoms with E-state index in [-0.39, 0.29) is 5.82 Å². The van der Waals surface area contributed by atoms with Crippen molar-refractivity contribution in [3.63, 3.8) is 0 Å². The van der Waals surface area contributed by atoms with E-state index in [0.717, 1.165) is 49.7 Å². The standard InChI is InChI=1S/C24H25FN2O/c1-28-24-12-5-4-11-23(24)27-15-13-26(14-16-27)18-19-7-6-8-20(17-19)21-9-2-3-10-22(21)25/h2-12,17H,13-16,18H2,1H3. The quantitative estimate of drug-likeness (QED) is 0.635. The predicted octanol–water partition coefficient (Wildman–Crippen LogP) is 4.82. The van der Waals surface area contributed by atoms with Gasteiger partial charge in [-0.05, 0) is 35.4 Å². The number of hydrogen-bond donors (Lipinski definition) is 0. The smallest absolute Gasteiger partial charge is 0.142 e. The van der Waals surface area contributed by atoms with E-state index in [9.17, 15) is 4.39 Å². The lowest BCUT2D eigenvalue weighted by atomic mass is 10.0. The molecule has 1 saturated heterocycles. The van der Waals surface area contributed by atoms with Gasteiger partial charge in [-0.1, -0.05) is 48.5 Å². The van der Waals surface area contributed by atoms with Gasteiger partial charge in [-0.2, -0.15) is 0 Å². The third-order valence-corrected chi connectivity index (χ3v) is 5.32. The molecule has 1 heterocycles. The topological polar surface area (TPSA) is 15.7 Å². The molecule has 3 aromatic rings. The molecule has 144 valence electrons. The number of halogens is 1. The Labute approximate surface area is 166 Å². The van der Waals surface area contributed by atoms with Crippen molar-refractivity contribution in [2.24, 2.45) is 0 Å². The van der Waals surface area contributed by atoms with Crippen LogP contribution in [0.15, 0.2) is 72.8 Å². The molecular formula is C24H25FN2O. The second-order valence-corrected chi connectivity index (χ2v) is 7.12. The molecule has 1 fully saturated rings. The van der Waals surface area contributed by atoms with Crippen LogP contribution in [0.2, 0.25) is 0 Å². The fourth-order valence-electron chi connectivity index (χ4n) is 3.83. The van der Waals surface area contributed by atoms with Gasteiger partial charge in [0.1, 0.15) is 11.6 Å². The molecule has 0 aliphatic carbocycles. The highest BCUT2D eigenvalue weighted by molar-refractivity contribution is 5.64. The lowest BCUT2D eigenvalue weighted by Crippen LogP contribution is -2.46. The molecule has 4 heteroatoms. The maximum atomic E-state index is 14.1. The lowest BCUT2D eigenvalue weighted by Gasteiger charge is -2.36. The molecule has 1 aliphatic heterocycles. The van der Waals surface area contributed by atoms with Crippen molar-refractivity contribution in [1.29, 1.82) is 0 Å². The van der Waals surface area contributed by atoms with E-state index in [4.69, 9.17) is 4.74 Å². The van der Waals surface area contributed by atoms with Crippen molar-refractivity contribution < 1.29 is 9.13 Å². The van der Waals surface area contributed by atoms with Crippen molar-refractivity contribution in [1.82, 2.24) is 4.90 Å². The van der Waals surface area contributed by atoms with Gasteiger partial charge < -0.3 is 9.64 Å². The van der Waals surface area contributed by atoms with Gasteiger partial charge in [0.15, 0.2) is 0 Å². The summed E-state index contributed by atoms with van der Waals surface area (Å²) in [6, 6.07) is 23.3. The molecule has 28 heavy (non-hydrogen) atoms. The summed E-state index contributed by atoms with van der Waals surface area (Å²) >= 11 is 0. The highest BCUT2D eigenvalue weighted by atomic mass is 19.1. The van der Waals surface area contributed by atoms with Gasteiger partial charge >= 0.3 is 0 Å². The minimum Gasteiger partial charge on any atom is -0.495 e. The molecular weight excluding hydrogens is 351 g/mol. The zero-order valence-electron chi connectivity index (χ0n) is 16.1. The summed E-state index contributed by atoms with van der Waals surface area (Å²) in [5.74, 6) is 0.749. The number of hydrogen-bond acceptors (Lipinski definition) is 3. The molecule has 0 radical (unpaired) electrons. The first-order valence-electron chi connectivity index (χ1n) is 9.69. The monoisotopic (exact) mass is 376 g/mol. The van der Waals surface area contributed by atoms with Gasteiger partial charge in [-0.3, -0.25) is 4.90 Å². The summed E-state index contributed by atoms with van der Waals surface area (Å²) < 4.78 is 19.6. The second kappa shape index (κ2) is 8.44. The molecule has 1 aliphatic rings. The lowest BCUT2D eigenvalue weighted by molar-refractivity contribution is 0.249. The average Bonchev–Trinajstić information content (AvgIpc) is 2.75. The number of methoxy groups -OCH3 is 1. The molecule has 0 atom stereocenters. The Morgan fingerprint density at radius 3 is 2.39 bits per heavy atom. The van der Waals surface area contributed by atoms with Crippen LogP contribution in [-0.4, -0.2) is 38.2 Å². The minimum atomic E-state index is -0.176. The molecule has 0 saturated carbocycles. The summed E-state index contributed by atoms with van der Waals surface area (Å²) in [5.41, 5.74) is 3.96. The van der Waals surface area contributed by atoms with Crippen molar-refractivity contribution in [2.45, 2.75) is 6.54 Å². The highest BCUT2D eigenvalue weighted by Crippen LogP contribution is 2.29. The van der Waals surface area contributed by atoms with Crippen LogP contribution < -0.4 is 9.64 Å². The summed E-state index contributed by atoms with van der Waals surface area (Å²) in [6.07, 6.45) is 0. The van der Waals surface area contributed by atoms with Crippen LogP contribution in [0, 0.1) is 5.82 Å². The number of anilines is 1. The predicted molar refractivity (Wildman–Crippen MR) is 112 cm³/mol. The van der Waals surface area contributed by atoms with Crippen LogP contribution >= 0.6 is 0 Å². The van der Waals surface area contributed by atoms with E-state index in [1.165, 1.54) is 11.6 Å². The maximum Gasteiger partial charge on any atom is 0.142 e. The molecule has 0 spiro atoms. The largest absolute Gasteiger partial charge is 0.495 e. The summed E-state index contributed by atoms with van der Waals surface area (Å²) in [6.45, 7) is 4.78. The summed E-state index contributed by atoms with van der Waals surface area (Å²) in [4.78, 5) is 4.83. The zero-order chi connectivity index (χ0) is 19.3. The number of nitrogens with zero attached hydrogens (tertiary/aromatic N) is 2. The molecule has 0 aromatic heterocycles. The SMILES string of the molecule is COc1ccccc1N1CCN(Cc2cccc(-c3ccccc3F)c2)CC1. The first kappa shape index (κ1) is 18.5. The molecule has 3 aromatic carbocycles. The van der Waals surface area contributed by atoms with E-state index in [0.29, 0.717) is 5.56 Å². The number of rotatable bonds is 5. The van der Waals surface area contributed by atoms with E-state index >= 15 is 0 Å². The van der Waals surface area contributed by atoms with Gasteiger partial charge in [-0.15, -0.1) is 0 Å². The van der Waals surface area contributed by atoms with Crippen molar-refractivity contribution in [3.05, 3.63) is 84.2 Å². The van der Waals surface area contributed by atoms with Crippen LogP contribution in [0.1, 0.15) is 5.56 Å². The first-order chi connectivity index (χ1) is 13.7. The number of ether oxygens (including phenoxy) is 1. The second-order valence-electron chi connectivity index (χ2n) is 7.12. The third kappa shape index (κ3) is 4.02. The van der Waals surface area contributed by atoms with Gasteiger partial charge in [0, 0.05) is 38.3 Å². The van der Waals surface area contributed by atoms with E-state index < -0.39 is 0 Å². The van der Waals surface area contributed by atoms with Crippen LogP contribution in [0.25, 0.3) is 11.1 Å². The van der Waals surface area contributed by atoms with E-state index in [1.54, 1.807) is 13.2 Å². The van der Waals surface area contributed by atoms with Crippen molar-refractivity contribution in [3.8, 4) is 16.9 Å². The number of para-hydroxylation sites is 2. The van der Waals surface area contributed by atoms with Crippen LogP contribution in [-0.2, 0) is 6.54 Å². The Bertz CT molecular complexity index is 935. The summed E-state index contributed by atoms with van der Waals surface area (Å²) in [7, 11) is 1.72. The van der Waals surface area contributed by atoms with Crippen molar-refractivity contribution in [2.75, 3.05) is 38.2 Å². The Balaban J connectivity index is 1.42. The van der Waals surface area contributed by atoms with Crippen LogP contribution in [0.5, 0.6) is 5.75 Å². The Morgan fingerprint density at radius 2 is 1.61 bits per heavy atom. The fraction of sp³-hybridized carbons (Fsp3) is 0.250. The zero-order valence-corrected chi connectivity index (χ0v) is 16.1. The molecule has 0 N–H and O–H groups in total. The van der Waals surface area contributed by atoms with Gasteiger partial charge in [-0.25, -0.2) is 4.39 Å². The van der Waals surface area contributed by atoms with Crippen molar-refractivity contribution >= 4 is 5.69 Å². The molecule has 3 nitrogen and oxygen atoms in total. The number of benzene rings is 3. The molecule has 0 amide bonds. The van der Waals surface area contributed by atoms with Crippen LogP contribution in [0.4, 0.5) is 10.1 Å². The Morgan fingerprint density at radius 1 is 0.857 bits per heavy atom. The van der Waals surface area contributed by atoms with Gasteiger partial charge in [0.05, 0.1) is 12.8 Å². The van der Waals surface area contributed by atoms with Gasteiger partial charge in [0.2, 0.25) is 0 Å². The molecule has 0 unspecified atom stereocenters. The Kier molecular flexibility index (Phi) is 5.58. The van der Waals surface area contributed by atoms with Crippen LogP contribution in [0.3, 0.4) is 0 Å². The highest BCUT2D eigenvalue weighted by Gasteiger charge is 2.19. The maximum absolute atomic E-state index is 14.1. The first-order valence-corrected chi connectivity index (χ1v) is 9.69. The number of piperazine rings is 1.